The molecule has 25 heavy (non-hydrogen) atoms. The van der Waals surface area contributed by atoms with Crippen molar-refractivity contribution in [1.29, 1.82) is 0 Å². The van der Waals surface area contributed by atoms with Gasteiger partial charge in [-0.1, -0.05) is 18.8 Å². The van der Waals surface area contributed by atoms with Gasteiger partial charge >= 0.3 is 18.0 Å². The van der Waals surface area contributed by atoms with E-state index in [-0.39, 0.29) is 6.54 Å². The third-order valence-corrected chi connectivity index (χ3v) is 4.97. The van der Waals surface area contributed by atoms with Crippen LogP contribution in [0.2, 0.25) is 0 Å². The molecule has 9 nitrogen and oxygen atoms in total. The van der Waals surface area contributed by atoms with Crippen molar-refractivity contribution in [2.24, 2.45) is 16.8 Å². The number of aliphatic carboxylic acids is 1. The molecular weight excluding hydrogens is 326 g/mol. The van der Waals surface area contributed by atoms with Crippen LogP contribution in [-0.4, -0.2) is 93.9 Å². The van der Waals surface area contributed by atoms with E-state index in [4.69, 9.17) is 0 Å². The minimum atomic E-state index is -1.04. The summed E-state index contributed by atoms with van der Waals surface area (Å²) in [5.41, 5.74) is 0. The highest BCUT2D eigenvalue weighted by Gasteiger charge is 2.56. The van der Waals surface area contributed by atoms with Crippen LogP contribution in [0.4, 0.5) is 4.79 Å². The van der Waals surface area contributed by atoms with E-state index < -0.39 is 23.9 Å². The summed E-state index contributed by atoms with van der Waals surface area (Å²) in [7, 11) is 2.96. The molecular formula is C16H24N5O4+. The second-order valence-electron chi connectivity index (χ2n) is 7.28. The summed E-state index contributed by atoms with van der Waals surface area (Å²) in [4.78, 5) is 44.6. The highest BCUT2D eigenvalue weighted by Crippen LogP contribution is 2.25. The summed E-state index contributed by atoms with van der Waals surface area (Å²) in [6.07, 6.45) is 1.10. The molecule has 2 saturated heterocycles. The molecule has 0 aromatic carbocycles. The number of hydrogen-bond donors (Lipinski definition) is 1. The predicted molar refractivity (Wildman–Crippen MR) is 89.4 cm³/mol. The summed E-state index contributed by atoms with van der Waals surface area (Å²) < 4.78 is 2.04. The van der Waals surface area contributed by atoms with E-state index in [1.165, 1.54) is 16.8 Å². The van der Waals surface area contributed by atoms with Gasteiger partial charge in [-0.25, -0.2) is 14.5 Å². The fourth-order valence-electron chi connectivity index (χ4n) is 3.97. The van der Waals surface area contributed by atoms with Crippen LogP contribution in [0.25, 0.3) is 0 Å². The third kappa shape index (κ3) is 2.87. The Bertz CT molecular complexity index is 689. The number of guanidine groups is 1. The number of carbonyl (C=O) groups is 3. The Morgan fingerprint density at radius 2 is 1.80 bits per heavy atom. The molecule has 0 aromatic rings. The van der Waals surface area contributed by atoms with E-state index in [1.807, 2.05) is 4.58 Å². The van der Waals surface area contributed by atoms with Crippen LogP contribution in [0.15, 0.2) is 4.99 Å². The molecule has 0 bridgehead atoms. The van der Waals surface area contributed by atoms with Gasteiger partial charge in [0, 0.05) is 14.1 Å². The van der Waals surface area contributed by atoms with Gasteiger partial charge in [0.25, 0.3) is 5.91 Å². The number of amides is 3. The molecule has 3 aliphatic rings. The molecule has 3 aliphatic heterocycles. The lowest BCUT2D eigenvalue weighted by Gasteiger charge is -2.33. The van der Waals surface area contributed by atoms with Gasteiger partial charge < -0.3 is 5.11 Å². The summed E-state index contributed by atoms with van der Waals surface area (Å²) in [5.74, 6) is 0.185. The topological polar surface area (TPSA) is 96.5 Å². The Morgan fingerprint density at radius 3 is 2.36 bits per heavy atom. The van der Waals surface area contributed by atoms with Crippen LogP contribution in [-0.2, 0) is 9.59 Å². The number of likely N-dealkylation sites (N-methyl/N-ethyl adjacent to an activating group) is 2. The molecule has 3 atom stereocenters. The van der Waals surface area contributed by atoms with Gasteiger partial charge in [-0.2, -0.15) is 0 Å². The first-order valence-electron chi connectivity index (χ1n) is 8.44. The molecule has 2 fully saturated rings. The van der Waals surface area contributed by atoms with Crippen molar-refractivity contribution in [3.05, 3.63) is 0 Å². The molecule has 3 heterocycles. The number of carboxylic acids is 1. The maximum absolute atomic E-state index is 12.6. The zero-order valence-corrected chi connectivity index (χ0v) is 15.0. The Morgan fingerprint density at radius 1 is 1.20 bits per heavy atom. The molecule has 9 heteroatoms. The van der Waals surface area contributed by atoms with Crippen LogP contribution in [0.1, 0.15) is 20.3 Å². The number of nitrogens with zero attached hydrogens (tertiary/aromatic N) is 5. The number of fused-ring (bicyclic) bond motifs is 1. The number of hydrogen-bond acceptors (Lipinski definition) is 3. The monoisotopic (exact) mass is 350 g/mol. The first-order valence-corrected chi connectivity index (χ1v) is 8.44. The number of urea groups is 1. The van der Waals surface area contributed by atoms with Gasteiger partial charge in [-0.05, 0) is 18.3 Å². The van der Waals surface area contributed by atoms with Crippen molar-refractivity contribution in [3.8, 4) is 0 Å². The van der Waals surface area contributed by atoms with Crippen LogP contribution >= 0.6 is 0 Å². The van der Waals surface area contributed by atoms with Gasteiger partial charge in [-0.3, -0.25) is 19.2 Å². The van der Waals surface area contributed by atoms with Crippen LogP contribution < -0.4 is 0 Å². The van der Waals surface area contributed by atoms with E-state index >= 15 is 0 Å². The second kappa shape index (κ2) is 6.12. The van der Waals surface area contributed by atoms with E-state index in [0.29, 0.717) is 23.6 Å². The molecule has 1 N–H and O–H groups in total. The first-order chi connectivity index (χ1) is 11.7. The smallest absolute Gasteiger partial charge is 0.392 e. The molecule has 136 valence electrons. The largest absolute Gasteiger partial charge is 0.479 e. The average molecular weight is 350 g/mol. The molecule has 0 aromatic heterocycles. The van der Waals surface area contributed by atoms with Gasteiger partial charge in [0.1, 0.15) is 0 Å². The summed E-state index contributed by atoms with van der Waals surface area (Å²) >= 11 is 0. The summed E-state index contributed by atoms with van der Waals surface area (Å²) in [6.45, 7) is 5.46. The van der Waals surface area contributed by atoms with E-state index in [0.717, 1.165) is 24.4 Å². The molecule has 3 unspecified atom stereocenters. The molecule has 0 radical (unpaired) electrons. The Labute approximate surface area is 146 Å². The van der Waals surface area contributed by atoms with E-state index in [1.54, 1.807) is 7.05 Å². The lowest BCUT2D eigenvalue weighted by atomic mass is 9.93. The fourth-order valence-corrected chi connectivity index (χ4v) is 3.97. The maximum Gasteiger partial charge on any atom is 0.392 e. The zero-order chi connectivity index (χ0) is 18.5. The van der Waals surface area contributed by atoms with Crippen molar-refractivity contribution in [2.75, 3.05) is 33.7 Å². The maximum atomic E-state index is 12.6. The molecule has 0 aliphatic carbocycles. The van der Waals surface area contributed by atoms with Gasteiger partial charge in [-0.15, -0.1) is 0 Å². The van der Waals surface area contributed by atoms with Crippen molar-refractivity contribution < 1.29 is 24.1 Å². The molecule has 3 rings (SSSR count). The standard InChI is InChI=1S/C16H23N5O4/c1-9-5-10(2)7-20(6-9)15-17-13-12(21(15)8-11(22)23)14(24)19(4)16(25)18(13)3/h9-10,12H,5-8H2,1-4H3/p+1. The minimum absolute atomic E-state index is 0.301. The summed E-state index contributed by atoms with van der Waals surface area (Å²) in [6, 6.07) is -1.33. The molecule has 0 spiro atoms. The molecule has 0 saturated carbocycles. The zero-order valence-electron chi connectivity index (χ0n) is 15.0. The van der Waals surface area contributed by atoms with Gasteiger partial charge in [0.05, 0.1) is 13.1 Å². The van der Waals surface area contributed by atoms with Gasteiger partial charge in [0.2, 0.25) is 11.9 Å². The van der Waals surface area contributed by atoms with Gasteiger partial charge in [0.15, 0.2) is 6.54 Å². The number of carbonyl (C=O) groups excluding carboxylic acids is 2. The Hall–Kier alpha value is -2.45. The molecule has 3 amide bonds. The second-order valence-corrected chi connectivity index (χ2v) is 7.28. The predicted octanol–water partition coefficient (Wildman–Crippen LogP) is -0.278. The normalized spacial score (nSPS) is 30.0. The number of rotatable bonds is 2. The van der Waals surface area contributed by atoms with Crippen LogP contribution in [0.5, 0.6) is 0 Å². The highest BCUT2D eigenvalue weighted by molar-refractivity contribution is 6.25. The van der Waals surface area contributed by atoms with Crippen molar-refractivity contribution >= 4 is 29.7 Å². The van der Waals surface area contributed by atoms with Crippen LogP contribution in [0, 0.1) is 11.8 Å². The van der Waals surface area contributed by atoms with Crippen molar-refractivity contribution in [1.82, 2.24) is 14.7 Å². The van der Waals surface area contributed by atoms with Crippen molar-refractivity contribution in [2.45, 2.75) is 26.3 Å². The van der Waals surface area contributed by atoms with E-state index in [9.17, 15) is 19.5 Å². The average Bonchev–Trinajstić information content (AvgIpc) is 2.88. The summed E-state index contributed by atoms with van der Waals surface area (Å²) in [5, 5.41) is 9.32. The van der Waals surface area contributed by atoms with Crippen molar-refractivity contribution in [3.63, 3.8) is 0 Å². The highest BCUT2D eigenvalue weighted by atomic mass is 16.4. The number of piperidine rings is 1. The van der Waals surface area contributed by atoms with Crippen LogP contribution in [0.3, 0.4) is 0 Å². The first kappa shape index (κ1) is 17.4. The van der Waals surface area contributed by atoms with E-state index in [2.05, 4.69) is 18.8 Å². The third-order valence-electron chi connectivity index (χ3n) is 4.97. The minimum Gasteiger partial charge on any atom is -0.479 e. The lowest BCUT2D eigenvalue weighted by Crippen LogP contribution is -2.63. The number of imide groups is 1. The number of carboxylic acid groups (broad SMARTS) is 1. The lowest BCUT2D eigenvalue weighted by molar-refractivity contribution is -0.557. The SMILES string of the molecule is CC1CC(C)C[N+](=C2N=C3C(C(=O)N(C)C(=O)N3C)N2CC(=O)O)C1. The number of amidine groups is 1. The Kier molecular flexibility index (Phi) is 4.26. The number of aliphatic imine (C=N–C) groups is 1. The quantitative estimate of drug-likeness (QED) is 0.691. The fraction of sp³-hybridized carbons (Fsp3) is 0.688. The Balaban J connectivity index is 2.08.